The van der Waals surface area contributed by atoms with Gasteiger partial charge < -0.3 is 14.8 Å². The number of hydrogen-bond donors (Lipinski definition) is 1. The van der Waals surface area contributed by atoms with Crippen LogP contribution in [0.3, 0.4) is 0 Å². The van der Waals surface area contributed by atoms with Gasteiger partial charge in [0.25, 0.3) is 0 Å². The molecule has 0 aromatic heterocycles. The van der Waals surface area contributed by atoms with Crippen LogP contribution >= 0.6 is 12.4 Å². The van der Waals surface area contributed by atoms with Crippen molar-refractivity contribution in [2.75, 3.05) is 13.7 Å². The van der Waals surface area contributed by atoms with Gasteiger partial charge in [-0.05, 0) is 43.1 Å². The predicted molar refractivity (Wildman–Crippen MR) is 107 cm³/mol. The minimum Gasteiger partial charge on any atom is -0.493 e. The van der Waals surface area contributed by atoms with E-state index in [2.05, 4.69) is 55.6 Å². The lowest BCUT2D eigenvalue weighted by Gasteiger charge is -2.13. The largest absolute Gasteiger partial charge is 0.493 e. The number of ether oxygens (including phenoxy) is 2. The molecule has 0 radical (unpaired) electrons. The Bertz CT molecular complexity index is 614. The molecule has 0 saturated heterocycles. The van der Waals surface area contributed by atoms with E-state index in [-0.39, 0.29) is 12.4 Å². The van der Waals surface area contributed by atoms with E-state index >= 15 is 0 Å². The molecule has 25 heavy (non-hydrogen) atoms. The average molecular weight is 364 g/mol. The van der Waals surface area contributed by atoms with Gasteiger partial charge in [-0.3, -0.25) is 0 Å². The molecule has 0 aliphatic rings. The van der Waals surface area contributed by atoms with Crippen molar-refractivity contribution >= 4 is 12.4 Å². The van der Waals surface area contributed by atoms with Crippen molar-refractivity contribution in [3.63, 3.8) is 0 Å². The van der Waals surface area contributed by atoms with Gasteiger partial charge in [0.1, 0.15) is 6.61 Å². The Balaban J connectivity index is 0.00000312. The fourth-order valence-electron chi connectivity index (χ4n) is 2.52. The Morgan fingerprint density at radius 3 is 2.32 bits per heavy atom. The molecular weight excluding hydrogens is 334 g/mol. The predicted octanol–water partition coefficient (Wildman–Crippen LogP) is 5.28. The van der Waals surface area contributed by atoms with Crippen molar-refractivity contribution in [2.24, 2.45) is 0 Å². The highest BCUT2D eigenvalue weighted by molar-refractivity contribution is 5.85. The van der Waals surface area contributed by atoms with E-state index in [1.165, 1.54) is 30.4 Å². The van der Waals surface area contributed by atoms with Crippen LogP contribution in [0.4, 0.5) is 0 Å². The summed E-state index contributed by atoms with van der Waals surface area (Å²) in [5.74, 6) is 1.57. The molecule has 0 atom stereocenters. The molecule has 0 heterocycles. The zero-order chi connectivity index (χ0) is 17.2. The van der Waals surface area contributed by atoms with Gasteiger partial charge in [-0.1, -0.05) is 55.7 Å². The maximum absolute atomic E-state index is 5.92. The van der Waals surface area contributed by atoms with Gasteiger partial charge in [-0.2, -0.15) is 0 Å². The first kappa shape index (κ1) is 21.3. The highest BCUT2D eigenvalue weighted by Crippen LogP contribution is 2.28. The SMILES string of the molecule is CCCCCNCc1ccc(OCc2ccc(C)cc2)c(OC)c1.Cl. The van der Waals surface area contributed by atoms with Crippen molar-refractivity contribution in [1.82, 2.24) is 5.32 Å². The molecule has 0 aliphatic heterocycles. The highest BCUT2D eigenvalue weighted by atomic mass is 35.5. The molecule has 0 unspecified atom stereocenters. The number of unbranched alkanes of at least 4 members (excludes halogenated alkanes) is 2. The summed E-state index contributed by atoms with van der Waals surface area (Å²) in [6.45, 7) is 6.77. The summed E-state index contributed by atoms with van der Waals surface area (Å²) in [5.41, 5.74) is 3.63. The summed E-state index contributed by atoms with van der Waals surface area (Å²) < 4.78 is 11.4. The first-order chi connectivity index (χ1) is 11.7. The summed E-state index contributed by atoms with van der Waals surface area (Å²) in [5, 5.41) is 3.47. The smallest absolute Gasteiger partial charge is 0.161 e. The normalized spacial score (nSPS) is 10.2. The molecule has 3 nitrogen and oxygen atoms in total. The Morgan fingerprint density at radius 2 is 1.64 bits per heavy atom. The van der Waals surface area contributed by atoms with Gasteiger partial charge in [0.2, 0.25) is 0 Å². The summed E-state index contributed by atoms with van der Waals surface area (Å²) >= 11 is 0. The van der Waals surface area contributed by atoms with E-state index in [1.807, 2.05) is 6.07 Å². The third-order valence-corrected chi connectivity index (χ3v) is 4.03. The van der Waals surface area contributed by atoms with E-state index in [4.69, 9.17) is 9.47 Å². The van der Waals surface area contributed by atoms with Crippen LogP contribution in [0.15, 0.2) is 42.5 Å². The summed E-state index contributed by atoms with van der Waals surface area (Å²) in [6, 6.07) is 14.5. The van der Waals surface area contributed by atoms with E-state index in [1.54, 1.807) is 7.11 Å². The quantitative estimate of drug-likeness (QED) is 0.582. The third kappa shape index (κ3) is 7.37. The van der Waals surface area contributed by atoms with Gasteiger partial charge in [0, 0.05) is 6.54 Å². The summed E-state index contributed by atoms with van der Waals surface area (Å²) in [4.78, 5) is 0. The van der Waals surface area contributed by atoms with Crippen LogP contribution in [0, 0.1) is 6.92 Å². The highest BCUT2D eigenvalue weighted by Gasteiger charge is 2.06. The first-order valence-corrected chi connectivity index (χ1v) is 8.79. The Kier molecular flexibility index (Phi) is 10.0. The Hall–Kier alpha value is -1.71. The zero-order valence-corrected chi connectivity index (χ0v) is 16.3. The molecule has 0 saturated carbocycles. The number of benzene rings is 2. The number of hydrogen-bond acceptors (Lipinski definition) is 3. The molecule has 0 bridgehead atoms. The van der Waals surface area contributed by atoms with Crippen molar-refractivity contribution in [3.8, 4) is 11.5 Å². The average Bonchev–Trinajstić information content (AvgIpc) is 2.61. The monoisotopic (exact) mass is 363 g/mol. The topological polar surface area (TPSA) is 30.5 Å². The summed E-state index contributed by atoms with van der Waals surface area (Å²) in [7, 11) is 1.69. The maximum atomic E-state index is 5.92. The molecule has 4 heteroatoms. The van der Waals surface area contributed by atoms with Crippen molar-refractivity contribution in [3.05, 3.63) is 59.2 Å². The molecule has 2 aromatic carbocycles. The van der Waals surface area contributed by atoms with Crippen LogP contribution in [0.2, 0.25) is 0 Å². The van der Waals surface area contributed by atoms with E-state index in [0.29, 0.717) is 6.61 Å². The second kappa shape index (κ2) is 11.8. The summed E-state index contributed by atoms with van der Waals surface area (Å²) in [6.07, 6.45) is 3.76. The molecule has 2 aromatic rings. The Morgan fingerprint density at radius 1 is 0.920 bits per heavy atom. The lowest BCUT2D eigenvalue weighted by molar-refractivity contribution is 0.284. The molecule has 1 N–H and O–H groups in total. The van der Waals surface area contributed by atoms with Gasteiger partial charge in [-0.25, -0.2) is 0 Å². The van der Waals surface area contributed by atoms with Crippen molar-refractivity contribution in [1.29, 1.82) is 0 Å². The van der Waals surface area contributed by atoms with Crippen LogP contribution in [0.25, 0.3) is 0 Å². The lowest BCUT2D eigenvalue weighted by Crippen LogP contribution is -2.14. The number of nitrogens with one attached hydrogen (secondary N) is 1. The number of rotatable bonds is 10. The van der Waals surface area contributed by atoms with E-state index in [9.17, 15) is 0 Å². The van der Waals surface area contributed by atoms with Crippen LogP contribution in [-0.2, 0) is 13.2 Å². The molecule has 0 spiro atoms. The van der Waals surface area contributed by atoms with Gasteiger partial charge >= 0.3 is 0 Å². The number of methoxy groups -OCH3 is 1. The fraction of sp³-hybridized carbons (Fsp3) is 0.429. The standard InChI is InChI=1S/C21H29NO2.ClH/c1-4-5-6-13-22-15-19-11-12-20(21(14-19)23-3)24-16-18-9-7-17(2)8-10-18;/h7-12,14,22H,4-6,13,15-16H2,1-3H3;1H. The van der Waals surface area contributed by atoms with Gasteiger partial charge in [0.05, 0.1) is 7.11 Å². The van der Waals surface area contributed by atoms with Gasteiger partial charge in [-0.15, -0.1) is 12.4 Å². The molecule has 2 rings (SSSR count). The second-order valence-electron chi connectivity index (χ2n) is 6.14. The minimum absolute atomic E-state index is 0. The molecular formula is C21H30ClNO2. The molecule has 0 fully saturated rings. The molecule has 0 amide bonds. The molecule has 138 valence electrons. The first-order valence-electron chi connectivity index (χ1n) is 8.79. The second-order valence-corrected chi connectivity index (χ2v) is 6.14. The molecule has 0 aliphatic carbocycles. The van der Waals surface area contributed by atoms with Crippen molar-refractivity contribution in [2.45, 2.75) is 46.3 Å². The Labute approximate surface area is 158 Å². The van der Waals surface area contributed by atoms with Crippen LogP contribution in [-0.4, -0.2) is 13.7 Å². The number of halogens is 1. The third-order valence-electron chi connectivity index (χ3n) is 4.03. The van der Waals surface area contributed by atoms with Gasteiger partial charge in [0.15, 0.2) is 11.5 Å². The van der Waals surface area contributed by atoms with Crippen molar-refractivity contribution < 1.29 is 9.47 Å². The maximum Gasteiger partial charge on any atom is 0.161 e. The minimum atomic E-state index is 0. The van der Waals surface area contributed by atoms with Crippen LogP contribution < -0.4 is 14.8 Å². The van der Waals surface area contributed by atoms with E-state index < -0.39 is 0 Å². The number of aryl methyl sites for hydroxylation is 1. The van der Waals surface area contributed by atoms with Crippen LogP contribution in [0.1, 0.15) is 42.9 Å². The zero-order valence-electron chi connectivity index (χ0n) is 15.5. The lowest BCUT2D eigenvalue weighted by atomic mass is 10.1. The van der Waals surface area contributed by atoms with Crippen LogP contribution in [0.5, 0.6) is 11.5 Å². The fourth-order valence-corrected chi connectivity index (χ4v) is 2.52. The van der Waals surface area contributed by atoms with E-state index in [0.717, 1.165) is 30.2 Å².